The van der Waals surface area contributed by atoms with E-state index in [1.165, 1.54) is 61.2 Å². The zero-order valence-electron chi connectivity index (χ0n) is 35.8. The standard InChI is InChI=1S/C45H60FN5O11/c1-27(2)40-43(58)47-36(25-31-23-32(46)26-33(53)24-31)44(59)50-20-12-14-35(49-50)45(60)62-38(28(3)13-11-17-39(55)51-21-9-10-22-61-51)16-8-6-7-15-37(54)30(5)41(56)34(42(57)48-40)19-18-29(4)52/h6-8,11,13,15,17,23-24,26,30,34-38,40-41,49,53-54,56H,1,9-10,12,14,16,18-22,25H2,2-5H3,(H,47,58)(H,48,57). The second-order valence-corrected chi connectivity index (χ2v) is 16.1. The number of aliphatic hydroxyl groups is 2. The molecular weight excluding hydrogens is 806 g/mol. The molecule has 0 radical (unpaired) electrons. The Morgan fingerprint density at radius 1 is 1.00 bits per heavy atom. The van der Waals surface area contributed by atoms with Gasteiger partial charge in [0, 0.05) is 50.4 Å². The van der Waals surface area contributed by atoms with Gasteiger partial charge in [-0.05, 0) is 81.7 Å². The fraction of sp³-hybridized carbons (Fsp3) is 0.511. The zero-order valence-corrected chi connectivity index (χ0v) is 35.8. The fourth-order valence-electron chi connectivity index (χ4n) is 7.22. The number of phenolic OH excluding ortho intramolecular Hbond substituents is 1. The maximum Gasteiger partial charge on any atom is 0.325 e. The summed E-state index contributed by atoms with van der Waals surface area (Å²) < 4.78 is 20.4. The average Bonchev–Trinajstić information content (AvgIpc) is 3.23. The van der Waals surface area contributed by atoms with Gasteiger partial charge < -0.3 is 35.5 Å². The number of phenols is 1. The van der Waals surface area contributed by atoms with Crippen molar-refractivity contribution in [2.45, 2.75) is 115 Å². The van der Waals surface area contributed by atoms with Crippen LogP contribution >= 0.6 is 0 Å². The summed E-state index contributed by atoms with van der Waals surface area (Å²) in [4.78, 5) is 86.1. The number of rotatable bonds is 9. The van der Waals surface area contributed by atoms with Crippen LogP contribution in [0, 0.1) is 17.7 Å². The third-order valence-electron chi connectivity index (χ3n) is 10.9. The van der Waals surface area contributed by atoms with Crippen LogP contribution in [0.5, 0.6) is 5.75 Å². The highest BCUT2D eigenvalue weighted by molar-refractivity contribution is 5.94. The Kier molecular flexibility index (Phi) is 18.8. The lowest BCUT2D eigenvalue weighted by Gasteiger charge is -2.36. The van der Waals surface area contributed by atoms with Crippen molar-refractivity contribution < 1.29 is 58.1 Å². The largest absolute Gasteiger partial charge is 0.508 e. The number of cyclic esters (lactones) is 1. The smallest absolute Gasteiger partial charge is 0.325 e. The van der Waals surface area contributed by atoms with Crippen LogP contribution in [0.1, 0.15) is 78.2 Å². The van der Waals surface area contributed by atoms with Crippen molar-refractivity contribution in [1.82, 2.24) is 26.1 Å². The molecule has 3 aliphatic heterocycles. The van der Waals surface area contributed by atoms with Gasteiger partial charge in [-0.2, -0.15) is 0 Å². The number of hydrazine groups is 1. The first-order chi connectivity index (χ1) is 29.4. The van der Waals surface area contributed by atoms with Crippen molar-refractivity contribution in [3.05, 3.63) is 89.8 Å². The van der Waals surface area contributed by atoms with Crippen LogP contribution in [0.2, 0.25) is 0 Å². The minimum atomic E-state index is -1.49. The molecule has 3 heterocycles. The number of aliphatic hydroxyl groups excluding tert-OH is 2. The van der Waals surface area contributed by atoms with E-state index >= 15 is 0 Å². The van der Waals surface area contributed by atoms with Gasteiger partial charge in [0.25, 0.3) is 11.8 Å². The molecular formula is C45H60FN5O11. The molecule has 2 bridgehead atoms. The summed E-state index contributed by atoms with van der Waals surface area (Å²) >= 11 is 0. The first-order valence-electron chi connectivity index (χ1n) is 21.0. The molecule has 1 aromatic rings. The highest BCUT2D eigenvalue weighted by Gasteiger charge is 2.38. The van der Waals surface area contributed by atoms with Crippen molar-refractivity contribution >= 4 is 35.4 Å². The number of nitrogens with zero attached hydrogens (tertiary/aromatic N) is 2. The van der Waals surface area contributed by atoms with Gasteiger partial charge >= 0.3 is 5.97 Å². The van der Waals surface area contributed by atoms with E-state index in [0.29, 0.717) is 25.1 Å². The number of hydrogen-bond acceptors (Lipinski definition) is 12. The van der Waals surface area contributed by atoms with E-state index in [1.54, 1.807) is 25.2 Å². The van der Waals surface area contributed by atoms with E-state index in [9.17, 15) is 48.5 Å². The minimum Gasteiger partial charge on any atom is -0.508 e. The molecule has 2 saturated heterocycles. The van der Waals surface area contributed by atoms with Gasteiger partial charge in [0.2, 0.25) is 11.8 Å². The highest BCUT2D eigenvalue weighted by Crippen LogP contribution is 2.24. The van der Waals surface area contributed by atoms with Gasteiger partial charge in [-0.3, -0.25) is 33.8 Å². The fourth-order valence-corrected chi connectivity index (χ4v) is 7.22. The van der Waals surface area contributed by atoms with Crippen molar-refractivity contribution in [2.24, 2.45) is 11.8 Å². The van der Waals surface area contributed by atoms with Crippen molar-refractivity contribution in [2.75, 3.05) is 19.7 Å². The normalized spacial score (nSPS) is 27.8. The minimum absolute atomic E-state index is 0.0834. The lowest BCUT2D eigenvalue weighted by Crippen LogP contribution is -2.62. The Morgan fingerprint density at radius 3 is 2.44 bits per heavy atom. The monoisotopic (exact) mass is 865 g/mol. The van der Waals surface area contributed by atoms with Crippen molar-refractivity contribution in [3.8, 4) is 5.75 Å². The van der Waals surface area contributed by atoms with E-state index < -0.39 is 83.5 Å². The Balaban J connectivity index is 1.72. The lowest BCUT2D eigenvalue weighted by atomic mass is 9.84. The number of aromatic hydroxyl groups is 1. The number of amides is 4. The summed E-state index contributed by atoms with van der Waals surface area (Å²) in [5.41, 5.74) is 3.80. The van der Waals surface area contributed by atoms with Gasteiger partial charge in [-0.1, -0.05) is 50.0 Å². The summed E-state index contributed by atoms with van der Waals surface area (Å²) in [5, 5.41) is 40.3. The molecule has 3 aliphatic rings. The number of Topliss-reactive ketones (excluding diaryl/α,β-unsaturated/α-hetero) is 1. The molecule has 8 atom stereocenters. The number of ether oxygens (including phenoxy) is 1. The Hall–Kier alpha value is -5.49. The number of fused-ring (bicyclic) bond motifs is 2. The van der Waals surface area contributed by atoms with E-state index in [0.717, 1.165) is 25.0 Å². The summed E-state index contributed by atoms with van der Waals surface area (Å²) in [6, 6.07) is -0.697. The number of carbonyl (C=O) groups is 6. The molecule has 0 aliphatic carbocycles. The Morgan fingerprint density at radius 2 is 1.76 bits per heavy atom. The third kappa shape index (κ3) is 14.6. The van der Waals surface area contributed by atoms with Gasteiger partial charge in [0.15, 0.2) is 0 Å². The second kappa shape index (κ2) is 23.7. The lowest BCUT2D eigenvalue weighted by molar-refractivity contribution is -0.191. The van der Waals surface area contributed by atoms with E-state index in [4.69, 9.17) is 9.57 Å². The van der Waals surface area contributed by atoms with Crippen LogP contribution in [-0.4, -0.2) is 117 Å². The first-order valence-corrected chi connectivity index (χ1v) is 21.0. The van der Waals surface area contributed by atoms with Gasteiger partial charge in [0.05, 0.1) is 24.7 Å². The molecule has 0 aromatic heterocycles. The second-order valence-electron chi connectivity index (χ2n) is 16.1. The molecule has 1 aromatic carbocycles. The summed E-state index contributed by atoms with van der Waals surface area (Å²) in [7, 11) is 0. The molecule has 16 nitrogen and oxygen atoms in total. The molecule has 17 heteroatoms. The van der Waals surface area contributed by atoms with Crippen LogP contribution in [-0.2, 0) is 44.8 Å². The van der Waals surface area contributed by atoms with Crippen molar-refractivity contribution in [1.29, 1.82) is 0 Å². The van der Waals surface area contributed by atoms with Gasteiger partial charge in [-0.25, -0.2) is 14.9 Å². The van der Waals surface area contributed by atoms with E-state index in [2.05, 4.69) is 22.6 Å². The first kappa shape index (κ1) is 49.2. The van der Waals surface area contributed by atoms with Crippen LogP contribution in [0.15, 0.2) is 78.5 Å². The predicted molar refractivity (Wildman–Crippen MR) is 225 cm³/mol. The average molecular weight is 866 g/mol. The van der Waals surface area contributed by atoms with Gasteiger partial charge in [0.1, 0.15) is 41.6 Å². The van der Waals surface area contributed by atoms with E-state index in [-0.39, 0.29) is 61.5 Å². The number of hydrogen-bond donors (Lipinski definition) is 6. The van der Waals surface area contributed by atoms with Crippen molar-refractivity contribution in [3.63, 3.8) is 0 Å². The number of carbonyl (C=O) groups excluding carboxylic acids is 6. The summed E-state index contributed by atoms with van der Waals surface area (Å²) in [6.45, 7) is 10.9. The summed E-state index contributed by atoms with van der Waals surface area (Å²) in [6.07, 6.45) is 9.14. The molecule has 4 amide bonds. The highest BCUT2D eigenvalue weighted by atomic mass is 19.1. The number of allylic oxidation sites excluding steroid dienone is 4. The molecule has 62 heavy (non-hydrogen) atoms. The van der Waals surface area contributed by atoms with Crippen LogP contribution in [0.3, 0.4) is 0 Å². The topological polar surface area (TPSA) is 224 Å². The predicted octanol–water partition coefficient (Wildman–Crippen LogP) is 2.94. The zero-order chi connectivity index (χ0) is 45.5. The third-order valence-corrected chi connectivity index (χ3v) is 10.9. The molecule has 0 spiro atoms. The molecule has 0 saturated carbocycles. The molecule has 338 valence electrons. The number of hydroxylamine groups is 2. The quantitative estimate of drug-likeness (QED) is 0.0913. The maximum absolute atomic E-state index is 14.4. The van der Waals surface area contributed by atoms with Crippen LogP contribution < -0.4 is 16.1 Å². The van der Waals surface area contributed by atoms with Crippen LogP contribution in [0.25, 0.3) is 0 Å². The number of halogens is 1. The molecule has 6 N–H and O–H groups in total. The Bertz CT molecular complexity index is 1910. The van der Waals surface area contributed by atoms with Gasteiger partial charge in [-0.15, -0.1) is 0 Å². The number of esters is 1. The molecule has 4 rings (SSSR count). The number of nitrogens with one attached hydrogen (secondary N) is 3. The SMILES string of the molecule is C=C(C)C1NC(=O)C(CCC(C)=O)C(O)C(C)C(O)C=CC=CCC(C(C)=CC=CC(=O)N2CCCCO2)OC(=O)C2CCCN(N2)C(=O)C(Cc2cc(O)cc(F)c2)NC1=O. The van der Waals surface area contributed by atoms with E-state index in [1.807, 2.05) is 0 Å². The van der Waals surface area contributed by atoms with Crippen LogP contribution in [0.4, 0.5) is 4.39 Å². The maximum atomic E-state index is 14.4. The molecule has 8 unspecified atom stereocenters. The molecule has 2 fully saturated rings. The number of ketones is 1. The number of benzene rings is 1. The Labute approximate surface area is 361 Å². The summed E-state index contributed by atoms with van der Waals surface area (Å²) in [5.74, 6) is -7.09.